The van der Waals surface area contributed by atoms with Crippen molar-refractivity contribution in [3.8, 4) is 5.75 Å². The standard InChI is InChI=1S/C14H14ClF3N4O3P2/c15-10-7-3-6(25-13(16)26)4-8(14(17,18)27)22(7)20-11(10)12(24)21-2-1-19-9(23)5-21/h3-4,13H,1-2,5,26-27H2,(H,19,23). The molecule has 2 amide bonds. The fraction of sp³-hybridized carbons (Fsp3) is 0.357. The van der Waals surface area contributed by atoms with Crippen molar-refractivity contribution in [2.45, 2.75) is 11.8 Å². The molecule has 146 valence electrons. The summed E-state index contributed by atoms with van der Waals surface area (Å²) in [6.45, 7) is 0.293. The Morgan fingerprint density at radius 3 is 2.74 bits per heavy atom. The van der Waals surface area contributed by atoms with Crippen LogP contribution in [0.1, 0.15) is 16.2 Å². The fourth-order valence-corrected chi connectivity index (χ4v) is 3.24. The molecule has 2 aromatic rings. The molecule has 3 rings (SSSR count). The summed E-state index contributed by atoms with van der Waals surface area (Å²) in [6, 6.07) is 2.11. The highest BCUT2D eigenvalue weighted by atomic mass is 35.5. The maximum Gasteiger partial charge on any atom is 0.300 e. The number of ether oxygens (including phenoxy) is 1. The molecule has 3 heterocycles. The number of piperazine rings is 1. The van der Waals surface area contributed by atoms with Crippen LogP contribution in [-0.2, 0) is 10.5 Å². The van der Waals surface area contributed by atoms with E-state index in [4.69, 9.17) is 16.3 Å². The third kappa shape index (κ3) is 4.13. The third-order valence-electron chi connectivity index (χ3n) is 3.77. The Kier molecular flexibility index (Phi) is 5.52. The largest absolute Gasteiger partial charge is 0.457 e. The zero-order valence-corrected chi connectivity index (χ0v) is 16.7. The van der Waals surface area contributed by atoms with Crippen molar-refractivity contribution < 1.29 is 27.5 Å². The minimum absolute atomic E-state index is 0.0539. The molecule has 27 heavy (non-hydrogen) atoms. The Labute approximate surface area is 160 Å². The fourth-order valence-electron chi connectivity index (χ4n) is 2.63. The normalized spacial score (nSPS) is 16.4. The molecule has 0 aromatic carbocycles. The topological polar surface area (TPSA) is 75.9 Å². The number of aromatic nitrogens is 2. The summed E-state index contributed by atoms with van der Waals surface area (Å²) < 4.78 is 46.8. The van der Waals surface area contributed by atoms with Gasteiger partial charge in [-0.25, -0.2) is 4.52 Å². The second kappa shape index (κ2) is 7.41. The Morgan fingerprint density at radius 2 is 2.15 bits per heavy atom. The molecule has 13 heteroatoms. The van der Waals surface area contributed by atoms with E-state index in [1.807, 2.05) is 0 Å². The molecule has 0 bridgehead atoms. The number of fused-ring (bicyclic) bond motifs is 1. The summed E-state index contributed by atoms with van der Waals surface area (Å²) in [5.41, 5.74) is -4.46. The van der Waals surface area contributed by atoms with Gasteiger partial charge in [-0.1, -0.05) is 30.1 Å². The maximum absolute atomic E-state index is 14.0. The van der Waals surface area contributed by atoms with Gasteiger partial charge >= 0.3 is 0 Å². The molecule has 7 nitrogen and oxygen atoms in total. The molecular weight excluding hydrogens is 427 g/mol. The molecule has 1 N–H and O–H groups in total. The summed E-state index contributed by atoms with van der Waals surface area (Å²) in [4.78, 5) is 25.3. The minimum atomic E-state index is -3.45. The first-order chi connectivity index (χ1) is 12.6. The van der Waals surface area contributed by atoms with Gasteiger partial charge in [0.15, 0.2) is 5.69 Å². The number of alkyl halides is 3. The number of hydrogen-bond donors (Lipinski definition) is 1. The first-order valence-corrected chi connectivity index (χ1v) is 9.22. The number of rotatable bonds is 4. The summed E-state index contributed by atoms with van der Waals surface area (Å²) in [5.74, 6) is -1.23. The first-order valence-electron chi connectivity index (χ1n) is 7.59. The zero-order valence-electron chi connectivity index (χ0n) is 13.6. The number of nitrogens with one attached hydrogen (secondary N) is 1. The van der Waals surface area contributed by atoms with E-state index in [1.54, 1.807) is 9.24 Å². The Hall–Kier alpha value is -1.63. The predicted octanol–water partition coefficient (Wildman–Crippen LogP) is 1.99. The molecule has 3 unspecified atom stereocenters. The van der Waals surface area contributed by atoms with Crippen molar-refractivity contribution in [2.24, 2.45) is 0 Å². The van der Waals surface area contributed by atoms with Gasteiger partial charge in [-0.15, -0.1) is 0 Å². The van der Waals surface area contributed by atoms with Gasteiger partial charge in [-0.3, -0.25) is 9.59 Å². The van der Waals surface area contributed by atoms with Crippen molar-refractivity contribution in [3.05, 3.63) is 28.5 Å². The zero-order chi connectivity index (χ0) is 19.9. The molecule has 0 spiro atoms. The third-order valence-corrected chi connectivity index (χ3v) is 4.57. The lowest BCUT2D eigenvalue weighted by Gasteiger charge is -2.25. The highest BCUT2D eigenvalue weighted by Gasteiger charge is 2.33. The molecule has 0 aliphatic carbocycles. The van der Waals surface area contributed by atoms with Crippen LogP contribution in [0.25, 0.3) is 5.52 Å². The van der Waals surface area contributed by atoms with Crippen LogP contribution in [-0.4, -0.2) is 52.1 Å². The van der Waals surface area contributed by atoms with Crippen LogP contribution >= 0.6 is 30.1 Å². The second-order valence-corrected chi connectivity index (χ2v) is 7.33. The minimum Gasteiger partial charge on any atom is -0.457 e. The Balaban J connectivity index is 2.12. The molecule has 0 saturated carbocycles. The van der Waals surface area contributed by atoms with Gasteiger partial charge in [0.1, 0.15) is 11.4 Å². The maximum atomic E-state index is 14.0. The van der Waals surface area contributed by atoms with E-state index >= 15 is 0 Å². The number of pyridine rings is 1. The van der Waals surface area contributed by atoms with E-state index in [0.29, 0.717) is 0 Å². The van der Waals surface area contributed by atoms with Gasteiger partial charge in [-0.05, 0) is 0 Å². The lowest BCUT2D eigenvalue weighted by Crippen LogP contribution is -2.50. The Morgan fingerprint density at radius 1 is 1.44 bits per heavy atom. The number of carbonyl (C=O) groups is 2. The molecule has 1 aliphatic heterocycles. The molecule has 3 atom stereocenters. The monoisotopic (exact) mass is 440 g/mol. The molecule has 0 radical (unpaired) electrons. The van der Waals surface area contributed by atoms with Crippen LogP contribution in [0, 0.1) is 0 Å². The highest BCUT2D eigenvalue weighted by molar-refractivity contribution is 7.17. The van der Waals surface area contributed by atoms with Crippen LogP contribution in [0.15, 0.2) is 12.1 Å². The SMILES string of the molecule is O=C1CN(C(=O)c2nn3c(C(F)(F)P)cc(OC(F)P)cc3c2Cl)CCN1. The molecular formula is C14H14ClF3N4O3P2. The average molecular weight is 441 g/mol. The van der Waals surface area contributed by atoms with Gasteiger partial charge < -0.3 is 15.0 Å². The lowest BCUT2D eigenvalue weighted by molar-refractivity contribution is -0.123. The van der Waals surface area contributed by atoms with Crippen LogP contribution in [0.2, 0.25) is 5.02 Å². The van der Waals surface area contributed by atoms with Crippen molar-refractivity contribution in [3.63, 3.8) is 0 Å². The van der Waals surface area contributed by atoms with Crippen molar-refractivity contribution in [2.75, 3.05) is 19.6 Å². The summed E-state index contributed by atoms with van der Waals surface area (Å²) in [7, 11) is 3.07. The first kappa shape index (κ1) is 20.1. The second-order valence-electron chi connectivity index (χ2n) is 5.70. The quantitative estimate of drug-likeness (QED) is 0.738. The highest BCUT2D eigenvalue weighted by Crippen LogP contribution is 2.39. The van der Waals surface area contributed by atoms with Crippen LogP contribution in [0.3, 0.4) is 0 Å². The average Bonchev–Trinajstić information content (AvgIpc) is 2.89. The van der Waals surface area contributed by atoms with Gasteiger partial charge in [-0.2, -0.15) is 18.3 Å². The molecule has 1 fully saturated rings. The number of amides is 2. The van der Waals surface area contributed by atoms with E-state index < -0.39 is 23.4 Å². The number of hydrogen-bond acceptors (Lipinski definition) is 4. The van der Waals surface area contributed by atoms with Gasteiger partial charge in [0, 0.05) is 25.2 Å². The molecule has 2 aromatic heterocycles. The van der Waals surface area contributed by atoms with E-state index in [1.165, 1.54) is 20.2 Å². The van der Waals surface area contributed by atoms with E-state index in [9.17, 15) is 22.8 Å². The van der Waals surface area contributed by atoms with E-state index in [2.05, 4.69) is 10.4 Å². The van der Waals surface area contributed by atoms with Gasteiger partial charge in [0.2, 0.25) is 12.0 Å². The summed E-state index contributed by atoms with van der Waals surface area (Å²) in [5, 5.41) is 6.28. The molecule has 1 saturated heterocycles. The Bertz CT molecular complexity index is 919. The van der Waals surface area contributed by atoms with E-state index in [-0.39, 0.29) is 47.5 Å². The van der Waals surface area contributed by atoms with Crippen molar-refractivity contribution in [1.82, 2.24) is 19.8 Å². The van der Waals surface area contributed by atoms with Crippen LogP contribution in [0.4, 0.5) is 13.2 Å². The van der Waals surface area contributed by atoms with Gasteiger partial charge in [0.05, 0.1) is 17.1 Å². The summed E-state index contributed by atoms with van der Waals surface area (Å²) >= 11 is 6.20. The van der Waals surface area contributed by atoms with Crippen LogP contribution < -0.4 is 10.1 Å². The van der Waals surface area contributed by atoms with Crippen molar-refractivity contribution in [1.29, 1.82) is 0 Å². The lowest BCUT2D eigenvalue weighted by atomic mass is 10.2. The summed E-state index contributed by atoms with van der Waals surface area (Å²) in [6.07, 6.45) is -1.83. The predicted molar refractivity (Wildman–Crippen MR) is 98.0 cm³/mol. The molecule has 1 aliphatic rings. The van der Waals surface area contributed by atoms with Crippen LogP contribution in [0.5, 0.6) is 5.75 Å². The smallest absolute Gasteiger partial charge is 0.300 e. The number of nitrogens with zero attached hydrogens (tertiary/aromatic N) is 3. The van der Waals surface area contributed by atoms with Gasteiger partial charge in [0.25, 0.3) is 11.6 Å². The number of halogens is 4. The van der Waals surface area contributed by atoms with Crippen molar-refractivity contribution >= 4 is 47.4 Å². The number of carbonyl (C=O) groups excluding carboxylic acids is 2. The van der Waals surface area contributed by atoms with E-state index in [0.717, 1.165) is 10.6 Å².